The largest absolute Gasteiger partial charge is 0.371 e. The van der Waals surface area contributed by atoms with Crippen molar-refractivity contribution < 1.29 is 13.2 Å². The fraction of sp³-hybridized carbons (Fsp3) is 0.375. The summed E-state index contributed by atoms with van der Waals surface area (Å²) in [5.41, 5.74) is 3.75. The molecule has 1 fully saturated rings. The molecule has 0 aliphatic carbocycles. The van der Waals surface area contributed by atoms with Gasteiger partial charge in [-0.25, -0.2) is 8.42 Å². The molecule has 2 heterocycles. The van der Waals surface area contributed by atoms with E-state index in [4.69, 9.17) is 0 Å². The van der Waals surface area contributed by atoms with E-state index in [2.05, 4.69) is 27.9 Å². The van der Waals surface area contributed by atoms with E-state index in [0.29, 0.717) is 5.75 Å². The van der Waals surface area contributed by atoms with E-state index in [1.807, 2.05) is 13.8 Å². The summed E-state index contributed by atoms with van der Waals surface area (Å²) in [6.45, 7) is 8.13. The van der Waals surface area contributed by atoms with E-state index < -0.39 is 15.6 Å². The van der Waals surface area contributed by atoms with Gasteiger partial charge in [0.1, 0.15) is 5.54 Å². The number of carbonyl (C=O) groups excluding carboxylic acids is 1. The van der Waals surface area contributed by atoms with Crippen LogP contribution in [-0.2, 0) is 14.8 Å². The predicted octanol–water partition coefficient (Wildman–Crippen LogP) is 4.13. The topological polar surface area (TPSA) is 78.5 Å². The number of hydrogen-bond acceptors (Lipinski definition) is 5. The van der Waals surface area contributed by atoms with E-state index in [-0.39, 0.29) is 10.8 Å². The highest BCUT2D eigenvalue weighted by Gasteiger charge is 2.43. The molecule has 32 heavy (non-hydrogen) atoms. The number of carbonyl (C=O) groups is 1. The molecule has 2 N–H and O–H groups in total. The summed E-state index contributed by atoms with van der Waals surface area (Å²) in [7, 11) is -3.87. The molecule has 1 amide bonds. The first-order valence-corrected chi connectivity index (χ1v) is 13.3. The number of aryl methyl sites for hydroxylation is 2. The van der Waals surface area contributed by atoms with E-state index in [1.165, 1.54) is 48.0 Å². The number of thioether (sulfide) groups is 1. The predicted molar refractivity (Wildman–Crippen MR) is 132 cm³/mol. The highest BCUT2D eigenvalue weighted by Crippen LogP contribution is 2.36. The minimum absolute atomic E-state index is 0.136. The molecule has 8 heteroatoms. The first-order valence-electron chi connectivity index (χ1n) is 10.8. The van der Waals surface area contributed by atoms with Gasteiger partial charge in [-0.2, -0.15) is 4.72 Å². The SMILES string of the molecule is Cc1cc(C)c(N2CCCC2)c(C)c1NC(=O)C1(NS(=O)(=O)c2ccccc2)C=CSC1. The van der Waals surface area contributed by atoms with Crippen molar-refractivity contribution in [2.75, 3.05) is 29.1 Å². The Morgan fingerprint density at radius 2 is 1.75 bits per heavy atom. The van der Waals surface area contributed by atoms with Crippen molar-refractivity contribution in [3.8, 4) is 0 Å². The first-order chi connectivity index (χ1) is 15.2. The van der Waals surface area contributed by atoms with Crippen LogP contribution in [0.3, 0.4) is 0 Å². The monoisotopic (exact) mass is 471 g/mol. The van der Waals surface area contributed by atoms with Crippen LogP contribution in [0.15, 0.2) is 52.8 Å². The molecular formula is C24H29N3O3S2. The van der Waals surface area contributed by atoms with Crippen LogP contribution in [0.5, 0.6) is 0 Å². The maximum Gasteiger partial charge on any atom is 0.250 e. The molecule has 1 saturated heterocycles. The zero-order valence-electron chi connectivity index (χ0n) is 18.6. The van der Waals surface area contributed by atoms with Crippen LogP contribution in [0.25, 0.3) is 0 Å². The zero-order chi connectivity index (χ0) is 22.9. The molecular weight excluding hydrogens is 442 g/mol. The molecule has 0 radical (unpaired) electrons. The Hall–Kier alpha value is -2.29. The van der Waals surface area contributed by atoms with Crippen LogP contribution in [-0.4, -0.2) is 38.7 Å². The Bertz CT molecular complexity index is 1160. The molecule has 2 aromatic rings. The maximum atomic E-state index is 13.6. The fourth-order valence-corrected chi connectivity index (χ4v) is 6.99. The lowest BCUT2D eigenvalue weighted by molar-refractivity contribution is -0.119. The van der Waals surface area contributed by atoms with Gasteiger partial charge in [-0.3, -0.25) is 4.79 Å². The molecule has 1 unspecified atom stereocenters. The van der Waals surface area contributed by atoms with Crippen LogP contribution in [0.2, 0.25) is 0 Å². The van der Waals surface area contributed by atoms with Gasteiger partial charge in [0, 0.05) is 30.2 Å². The third-order valence-electron chi connectivity index (χ3n) is 6.13. The van der Waals surface area contributed by atoms with E-state index >= 15 is 0 Å². The van der Waals surface area contributed by atoms with Crippen molar-refractivity contribution in [2.45, 2.75) is 44.0 Å². The summed E-state index contributed by atoms with van der Waals surface area (Å²) in [5, 5.41) is 4.84. The first kappa shape index (κ1) is 22.9. The van der Waals surface area contributed by atoms with Gasteiger partial charge in [-0.1, -0.05) is 24.3 Å². The van der Waals surface area contributed by atoms with Crippen LogP contribution in [0.1, 0.15) is 29.5 Å². The van der Waals surface area contributed by atoms with Crippen molar-refractivity contribution in [1.29, 1.82) is 0 Å². The molecule has 1 atom stereocenters. The van der Waals surface area contributed by atoms with Gasteiger partial charge in [-0.05, 0) is 73.9 Å². The van der Waals surface area contributed by atoms with E-state index in [9.17, 15) is 13.2 Å². The molecule has 0 saturated carbocycles. The second-order valence-corrected chi connectivity index (χ2v) is 11.1. The normalized spacial score (nSPS) is 20.7. The number of amides is 1. The summed E-state index contributed by atoms with van der Waals surface area (Å²) in [4.78, 5) is 16.1. The average Bonchev–Trinajstić information content (AvgIpc) is 3.44. The maximum absolute atomic E-state index is 13.6. The lowest BCUT2D eigenvalue weighted by Gasteiger charge is -2.29. The van der Waals surface area contributed by atoms with Crippen molar-refractivity contribution >= 4 is 39.1 Å². The van der Waals surface area contributed by atoms with Crippen LogP contribution in [0, 0.1) is 20.8 Å². The number of rotatable bonds is 6. The number of anilines is 2. The Morgan fingerprint density at radius 1 is 1.06 bits per heavy atom. The highest BCUT2D eigenvalue weighted by atomic mass is 32.2. The number of nitrogens with one attached hydrogen (secondary N) is 2. The number of benzene rings is 2. The van der Waals surface area contributed by atoms with Gasteiger partial charge in [0.15, 0.2) is 0 Å². The van der Waals surface area contributed by atoms with Crippen molar-refractivity contribution in [3.05, 3.63) is 64.6 Å². The summed E-state index contributed by atoms with van der Waals surface area (Å²) in [6.07, 6.45) is 3.98. The number of sulfonamides is 1. The molecule has 0 aromatic heterocycles. The van der Waals surface area contributed by atoms with Gasteiger partial charge < -0.3 is 10.2 Å². The molecule has 0 bridgehead atoms. The molecule has 170 valence electrons. The van der Waals surface area contributed by atoms with Gasteiger partial charge >= 0.3 is 0 Å². The fourth-order valence-electron chi connectivity index (χ4n) is 4.56. The lowest BCUT2D eigenvalue weighted by atomic mass is 9.98. The molecule has 2 aliphatic rings. The van der Waals surface area contributed by atoms with Crippen LogP contribution in [0.4, 0.5) is 11.4 Å². The smallest absolute Gasteiger partial charge is 0.250 e. The van der Waals surface area contributed by atoms with Gasteiger partial charge in [0.05, 0.1) is 4.90 Å². The second kappa shape index (κ2) is 8.92. The minimum Gasteiger partial charge on any atom is -0.371 e. The molecule has 0 spiro atoms. The van der Waals surface area contributed by atoms with E-state index in [0.717, 1.165) is 29.9 Å². The van der Waals surface area contributed by atoms with Crippen molar-refractivity contribution in [3.63, 3.8) is 0 Å². The van der Waals surface area contributed by atoms with Crippen LogP contribution < -0.4 is 14.9 Å². The van der Waals surface area contributed by atoms with E-state index in [1.54, 1.807) is 29.7 Å². The number of nitrogens with zero attached hydrogens (tertiary/aromatic N) is 1. The standard InChI is InChI=1S/C24H29N3O3S2/c1-17-15-18(2)22(27-12-7-8-13-27)19(3)21(17)25-23(28)24(11-14-31-16-24)26-32(29,30)20-9-5-4-6-10-20/h4-6,9-11,14-15,26H,7-8,12-13,16H2,1-3H3,(H,25,28). The molecule has 2 aromatic carbocycles. The quantitative estimate of drug-likeness (QED) is 0.662. The summed E-state index contributed by atoms with van der Waals surface area (Å²) in [5.74, 6) is -0.0749. The summed E-state index contributed by atoms with van der Waals surface area (Å²) >= 11 is 1.41. The van der Waals surface area contributed by atoms with Crippen molar-refractivity contribution in [1.82, 2.24) is 4.72 Å². The molecule has 4 rings (SSSR count). The average molecular weight is 472 g/mol. The van der Waals surface area contributed by atoms with Crippen LogP contribution >= 0.6 is 11.8 Å². The van der Waals surface area contributed by atoms with Gasteiger partial charge in [0.25, 0.3) is 5.91 Å². The Labute approximate surface area is 194 Å². The lowest BCUT2D eigenvalue weighted by Crippen LogP contribution is -2.56. The van der Waals surface area contributed by atoms with Crippen molar-refractivity contribution in [2.24, 2.45) is 0 Å². The molecule has 2 aliphatic heterocycles. The Balaban J connectivity index is 1.66. The molecule has 6 nitrogen and oxygen atoms in total. The van der Waals surface area contributed by atoms with Gasteiger partial charge in [-0.15, -0.1) is 11.8 Å². The minimum atomic E-state index is -3.87. The zero-order valence-corrected chi connectivity index (χ0v) is 20.3. The third kappa shape index (κ3) is 4.31. The Kier molecular flexibility index (Phi) is 6.38. The summed E-state index contributed by atoms with van der Waals surface area (Å²) in [6, 6.07) is 10.2. The Morgan fingerprint density at radius 3 is 2.38 bits per heavy atom. The second-order valence-electron chi connectivity index (χ2n) is 8.51. The van der Waals surface area contributed by atoms with Gasteiger partial charge in [0.2, 0.25) is 10.0 Å². The summed E-state index contributed by atoms with van der Waals surface area (Å²) < 4.78 is 28.7. The third-order valence-corrected chi connectivity index (χ3v) is 8.60. The highest BCUT2D eigenvalue weighted by molar-refractivity contribution is 8.02. The number of hydrogen-bond donors (Lipinski definition) is 2.